The van der Waals surface area contributed by atoms with Crippen molar-refractivity contribution in [3.8, 4) is 0 Å². The molecule has 1 rings (SSSR count). The zero-order valence-corrected chi connectivity index (χ0v) is 9.89. The Bertz CT molecular complexity index is 381. The molecule has 0 fully saturated rings. The third-order valence-corrected chi connectivity index (χ3v) is 2.10. The first kappa shape index (κ1) is 14.0. The van der Waals surface area contributed by atoms with E-state index in [2.05, 4.69) is 10.8 Å². The molecular formula is C12H16N2O4. The number of aliphatic carboxylic acids is 1. The van der Waals surface area contributed by atoms with Gasteiger partial charge in [0.15, 0.2) is 0 Å². The Morgan fingerprint density at radius 1 is 1.22 bits per heavy atom. The predicted molar refractivity (Wildman–Crippen MR) is 64.6 cm³/mol. The van der Waals surface area contributed by atoms with Crippen LogP contribution in [0, 0.1) is 0 Å². The van der Waals surface area contributed by atoms with Gasteiger partial charge in [0, 0.05) is 13.0 Å². The molecule has 0 heterocycles. The Hall–Kier alpha value is -2.08. The molecule has 0 aromatic heterocycles. The van der Waals surface area contributed by atoms with Crippen LogP contribution in [0.2, 0.25) is 0 Å². The van der Waals surface area contributed by atoms with Crippen molar-refractivity contribution in [3.05, 3.63) is 35.9 Å². The average Bonchev–Trinajstić information content (AvgIpc) is 2.36. The molecule has 0 saturated carbocycles. The van der Waals surface area contributed by atoms with E-state index in [1.54, 1.807) is 0 Å². The van der Waals surface area contributed by atoms with Crippen molar-refractivity contribution in [2.75, 3.05) is 6.54 Å². The molecule has 0 aliphatic rings. The minimum Gasteiger partial charge on any atom is -0.481 e. The molecule has 0 bridgehead atoms. The Morgan fingerprint density at radius 2 is 1.94 bits per heavy atom. The van der Waals surface area contributed by atoms with Gasteiger partial charge in [-0.05, 0) is 12.0 Å². The average molecular weight is 252 g/mol. The lowest BCUT2D eigenvalue weighted by molar-refractivity contribution is -0.137. The molecule has 0 saturated heterocycles. The number of hydroxylamine groups is 1. The van der Waals surface area contributed by atoms with Gasteiger partial charge in [0.1, 0.15) is 0 Å². The fourth-order valence-electron chi connectivity index (χ4n) is 1.24. The molecule has 6 heteroatoms. The first-order valence-corrected chi connectivity index (χ1v) is 5.60. The summed E-state index contributed by atoms with van der Waals surface area (Å²) in [6.07, 6.45) is 0.423. The second-order valence-electron chi connectivity index (χ2n) is 3.63. The van der Waals surface area contributed by atoms with E-state index < -0.39 is 12.0 Å². The first-order chi connectivity index (χ1) is 8.68. The van der Waals surface area contributed by atoms with Crippen LogP contribution in [0.25, 0.3) is 0 Å². The van der Waals surface area contributed by atoms with Crippen molar-refractivity contribution in [2.24, 2.45) is 0 Å². The van der Waals surface area contributed by atoms with Crippen LogP contribution in [0.1, 0.15) is 18.4 Å². The van der Waals surface area contributed by atoms with E-state index in [4.69, 9.17) is 9.94 Å². The number of carboxylic acids is 1. The summed E-state index contributed by atoms with van der Waals surface area (Å²) in [7, 11) is 0. The standard InChI is InChI=1S/C12H16N2O4/c15-11(16)7-4-8-13-12(17)14-18-9-10-5-2-1-3-6-10/h1-3,5-6H,4,7-9H2,(H,15,16)(H2,13,14,17). The van der Waals surface area contributed by atoms with E-state index in [-0.39, 0.29) is 13.0 Å². The molecule has 2 amide bonds. The monoisotopic (exact) mass is 252 g/mol. The summed E-state index contributed by atoms with van der Waals surface area (Å²) in [6, 6.07) is 8.94. The van der Waals surface area contributed by atoms with E-state index in [1.165, 1.54) is 0 Å². The number of nitrogens with one attached hydrogen (secondary N) is 2. The summed E-state index contributed by atoms with van der Waals surface area (Å²) < 4.78 is 0. The number of rotatable bonds is 7. The zero-order chi connectivity index (χ0) is 13.2. The van der Waals surface area contributed by atoms with E-state index in [0.717, 1.165) is 5.56 Å². The van der Waals surface area contributed by atoms with Gasteiger partial charge < -0.3 is 10.4 Å². The molecule has 0 spiro atoms. The van der Waals surface area contributed by atoms with Crippen LogP contribution in [0.4, 0.5) is 4.79 Å². The lowest BCUT2D eigenvalue weighted by atomic mass is 10.2. The third-order valence-electron chi connectivity index (χ3n) is 2.10. The number of benzene rings is 1. The summed E-state index contributed by atoms with van der Waals surface area (Å²) >= 11 is 0. The highest BCUT2D eigenvalue weighted by Crippen LogP contribution is 1.98. The number of hydrogen-bond acceptors (Lipinski definition) is 3. The van der Waals surface area contributed by atoms with E-state index in [9.17, 15) is 9.59 Å². The van der Waals surface area contributed by atoms with Crippen molar-refractivity contribution in [1.82, 2.24) is 10.8 Å². The van der Waals surface area contributed by atoms with Gasteiger partial charge in [0.2, 0.25) is 0 Å². The Labute approximate surface area is 105 Å². The summed E-state index contributed by atoms with van der Waals surface area (Å²) in [5.74, 6) is -0.877. The van der Waals surface area contributed by atoms with Crippen LogP contribution in [0.5, 0.6) is 0 Å². The molecule has 0 radical (unpaired) electrons. The second-order valence-corrected chi connectivity index (χ2v) is 3.63. The van der Waals surface area contributed by atoms with Crippen LogP contribution in [0.3, 0.4) is 0 Å². The van der Waals surface area contributed by atoms with Crippen molar-refractivity contribution < 1.29 is 19.5 Å². The smallest absolute Gasteiger partial charge is 0.338 e. The third kappa shape index (κ3) is 6.49. The van der Waals surface area contributed by atoms with Gasteiger partial charge in [-0.1, -0.05) is 30.3 Å². The molecule has 1 aromatic rings. The molecule has 0 atom stereocenters. The van der Waals surface area contributed by atoms with Crippen LogP contribution in [-0.2, 0) is 16.2 Å². The van der Waals surface area contributed by atoms with Crippen LogP contribution < -0.4 is 10.8 Å². The van der Waals surface area contributed by atoms with Crippen LogP contribution >= 0.6 is 0 Å². The molecule has 1 aromatic carbocycles. The maximum absolute atomic E-state index is 11.2. The van der Waals surface area contributed by atoms with Crippen molar-refractivity contribution in [3.63, 3.8) is 0 Å². The van der Waals surface area contributed by atoms with Gasteiger partial charge in [-0.25, -0.2) is 10.3 Å². The largest absolute Gasteiger partial charge is 0.481 e. The van der Waals surface area contributed by atoms with Gasteiger partial charge in [-0.15, -0.1) is 0 Å². The van der Waals surface area contributed by atoms with Gasteiger partial charge in [0.05, 0.1) is 6.61 Å². The highest BCUT2D eigenvalue weighted by atomic mass is 16.7. The Kier molecular flexibility index (Phi) is 6.27. The molecule has 0 unspecified atom stereocenters. The molecule has 3 N–H and O–H groups in total. The van der Waals surface area contributed by atoms with Gasteiger partial charge in [-0.3, -0.25) is 9.63 Å². The van der Waals surface area contributed by atoms with Crippen molar-refractivity contribution in [1.29, 1.82) is 0 Å². The molecule has 0 aliphatic heterocycles. The zero-order valence-electron chi connectivity index (χ0n) is 9.89. The molecule has 0 aliphatic carbocycles. The first-order valence-electron chi connectivity index (χ1n) is 5.60. The van der Waals surface area contributed by atoms with Gasteiger partial charge in [-0.2, -0.15) is 0 Å². The summed E-state index contributed by atoms with van der Waals surface area (Å²) in [4.78, 5) is 26.4. The highest BCUT2D eigenvalue weighted by Gasteiger charge is 2.01. The molecule has 18 heavy (non-hydrogen) atoms. The fourth-order valence-corrected chi connectivity index (χ4v) is 1.24. The quantitative estimate of drug-likeness (QED) is 0.504. The molecule has 98 valence electrons. The number of hydrogen-bond donors (Lipinski definition) is 3. The minimum absolute atomic E-state index is 0.0329. The number of urea groups is 1. The van der Waals surface area contributed by atoms with Crippen LogP contribution in [-0.4, -0.2) is 23.7 Å². The second kappa shape index (κ2) is 8.08. The van der Waals surface area contributed by atoms with E-state index in [1.807, 2.05) is 30.3 Å². The minimum atomic E-state index is -0.877. The lowest BCUT2D eigenvalue weighted by Gasteiger charge is -2.07. The predicted octanol–water partition coefficient (Wildman–Crippen LogP) is 1.28. The number of carbonyl (C=O) groups excluding carboxylic acids is 1. The molecular weight excluding hydrogens is 236 g/mol. The maximum Gasteiger partial charge on any atom is 0.338 e. The number of amides is 2. The summed E-state index contributed by atoms with van der Waals surface area (Å²) in [5, 5.41) is 10.9. The number of carboxylic acid groups (broad SMARTS) is 1. The van der Waals surface area contributed by atoms with E-state index in [0.29, 0.717) is 13.0 Å². The Balaban J connectivity index is 2.05. The van der Waals surface area contributed by atoms with Crippen molar-refractivity contribution in [2.45, 2.75) is 19.4 Å². The fraction of sp³-hybridized carbons (Fsp3) is 0.333. The van der Waals surface area contributed by atoms with Gasteiger partial charge >= 0.3 is 12.0 Å². The lowest BCUT2D eigenvalue weighted by Crippen LogP contribution is -2.36. The summed E-state index contributed by atoms with van der Waals surface area (Å²) in [6.45, 7) is 0.580. The maximum atomic E-state index is 11.2. The summed E-state index contributed by atoms with van der Waals surface area (Å²) in [5.41, 5.74) is 3.17. The van der Waals surface area contributed by atoms with Crippen LogP contribution in [0.15, 0.2) is 30.3 Å². The van der Waals surface area contributed by atoms with Crippen molar-refractivity contribution >= 4 is 12.0 Å². The normalized spacial score (nSPS) is 9.78. The SMILES string of the molecule is O=C(O)CCCNC(=O)NOCc1ccccc1. The topological polar surface area (TPSA) is 87.7 Å². The Morgan fingerprint density at radius 3 is 2.61 bits per heavy atom. The van der Waals surface area contributed by atoms with E-state index >= 15 is 0 Å². The number of carbonyl (C=O) groups is 2. The molecule has 6 nitrogen and oxygen atoms in total. The highest BCUT2D eigenvalue weighted by molar-refractivity contribution is 5.72. The van der Waals surface area contributed by atoms with Gasteiger partial charge in [0.25, 0.3) is 0 Å².